The molecule has 0 bridgehead atoms. The molecule has 174 valence electrons. The van der Waals surface area contributed by atoms with Gasteiger partial charge in [-0.3, -0.25) is 14.4 Å². The fourth-order valence-corrected chi connectivity index (χ4v) is 5.59. The van der Waals surface area contributed by atoms with E-state index in [4.69, 9.17) is 9.47 Å². The normalized spacial score (nSPS) is 34.5. The molecule has 1 N–H and O–H groups in total. The van der Waals surface area contributed by atoms with Gasteiger partial charge in [-0.25, -0.2) is 0 Å². The lowest BCUT2D eigenvalue weighted by molar-refractivity contribution is -0.155. The van der Waals surface area contributed by atoms with Crippen molar-refractivity contribution < 1.29 is 29.0 Å². The molecule has 8 nitrogen and oxygen atoms in total. The summed E-state index contributed by atoms with van der Waals surface area (Å²) in [7, 11) is 0. The van der Waals surface area contributed by atoms with Crippen molar-refractivity contribution in [2.45, 2.75) is 37.1 Å². The van der Waals surface area contributed by atoms with Crippen LogP contribution in [0.4, 0.5) is 0 Å². The van der Waals surface area contributed by atoms with Crippen molar-refractivity contribution in [2.24, 2.45) is 11.8 Å². The van der Waals surface area contributed by atoms with E-state index in [1.165, 1.54) is 4.90 Å². The smallest absolute Gasteiger partial charge is 0.312 e. The summed E-state index contributed by atoms with van der Waals surface area (Å²) in [6.07, 6.45) is 8.22. The average Bonchev–Trinajstić information content (AvgIpc) is 3.22. The standard InChI is InChI=1S/C25H28N2O6/c28-14-13-27-21-23(30)26(16-17-8-3-1-4-9-17)12-7-11-25(21)20(22(27)29)19-18(33-25)10-5-2-6-15-32-24(19)31/h1,3-5,7-11,18-21,28H,2,6,12-16H2/b10-5-/t18-,19+,20+,21?,25+/m1/s1. The Kier molecular flexibility index (Phi) is 5.80. The Bertz CT molecular complexity index is 992. The van der Waals surface area contributed by atoms with Gasteiger partial charge in [-0.2, -0.15) is 0 Å². The van der Waals surface area contributed by atoms with Gasteiger partial charge in [0.2, 0.25) is 11.8 Å². The fourth-order valence-electron chi connectivity index (χ4n) is 5.59. The lowest BCUT2D eigenvalue weighted by Gasteiger charge is -2.35. The second kappa shape index (κ2) is 8.76. The first kappa shape index (κ1) is 21.9. The van der Waals surface area contributed by atoms with Crippen LogP contribution in [0.5, 0.6) is 0 Å². The Morgan fingerprint density at radius 1 is 1.09 bits per heavy atom. The molecule has 2 amide bonds. The summed E-state index contributed by atoms with van der Waals surface area (Å²) < 4.78 is 11.9. The summed E-state index contributed by atoms with van der Waals surface area (Å²) in [5.74, 6) is -2.80. The zero-order valence-corrected chi connectivity index (χ0v) is 18.3. The number of hydrogen-bond acceptors (Lipinski definition) is 6. The number of allylic oxidation sites excluding steroid dienone is 1. The molecule has 2 fully saturated rings. The van der Waals surface area contributed by atoms with Gasteiger partial charge in [0, 0.05) is 19.6 Å². The molecule has 4 aliphatic rings. The van der Waals surface area contributed by atoms with Crippen LogP contribution in [0.1, 0.15) is 18.4 Å². The number of likely N-dealkylation sites (tertiary alicyclic amines) is 1. The number of carbonyl (C=O) groups excluding carboxylic acids is 3. The highest BCUT2D eigenvalue weighted by Crippen LogP contribution is 2.53. The van der Waals surface area contributed by atoms with Crippen LogP contribution < -0.4 is 0 Å². The molecule has 2 saturated heterocycles. The van der Waals surface area contributed by atoms with Gasteiger partial charge in [0.1, 0.15) is 17.6 Å². The molecule has 1 unspecified atom stereocenters. The Morgan fingerprint density at radius 3 is 2.70 bits per heavy atom. The van der Waals surface area contributed by atoms with Crippen molar-refractivity contribution in [3.8, 4) is 0 Å². The first-order chi connectivity index (χ1) is 16.1. The van der Waals surface area contributed by atoms with E-state index >= 15 is 0 Å². The van der Waals surface area contributed by atoms with Gasteiger partial charge < -0.3 is 24.4 Å². The van der Waals surface area contributed by atoms with Gasteiger partial charge in [0.05, 0.1) is 25.2 Å². The number of β-amino-alcohol motifs (C(OH)–C–C–N with tert-alkyl or cyclic N) is 1. The Hall–Kier alpha value is -2.97. The minimum absolute atomic E-state index is 0.00780. The fraction of sp³-hybridized carbons (Fsp3) is 0.480. The zero-order valence-electron chi connectivity index (χ0n) is 18.3. The number of ether oxygens (including phenoxy) is 2. The van der Waals surface area contributed by atoms with Crippen LogP contribution in [0.25, 0.3) is 0 Å². The third-order valence-electron chi connectivity index (χ3n) is 6.99. The molecule has 1 aromatic carbocycles. The maximum atomic E-state index is 13.9. The maximum absolute atomic E-state index is 13.9. The molecule has 8 heteroatoms. The van der Waals surface area contributed by atoms with Crippen molar-refractivity contribution in [1.82, 2.24) is 9.80 Å². The minimum Gasteiger partial charge on any atom is -0.465 e. The van der Waals surface area contributed by atoms with Crippen molar-refractivity contribution >= 4 is 17.8 Å². The molecule has 1 spiro atoms. The number of rotatable bonds is 4. The average molecular weight is 453 g/mol. The van der Waals surface area contributed by atoms with Crippen LogP contribution in [0.3, 0.4) is 0 Å². The maximum Gasteiger partial charge on any atom is 0.312 e. The van der Waals surface area contributed by atoms with Crippen LogP contribution >= 0.6 is 0 Å². The van der Waals surface area contributed by atoms with E-state index < -0.39 is 35.6 Å². The van der Waals surface area contributed by atoms with E-state index in [0.717, 1.165) is 12.0 Å². The van der Waals surface area contributed by atoms with E-state index in [9.17, 15) is 19.5 Å². The van der Waals surface area contributed by atoms with E-state index in [1.807, 2.05) is 48.6 Å². The van der Waals surface area contributed by atoms with Crippen molar-refractivity contribution in [2.75, 3.05) is 26.3 Å². The van der Waals surface area contributed by atoms with Crippen LogP contribution in [0.2, 0.25) is 0 Å². The molecule has 1 aromatic rings. The van der Waals surface area contributed by atoms with Crippen LogP contribution in [-0.2, 0) is 30.4 Å². The van der Waals surface area contributed by atoms with Crippen LogP contribution in [0.15, 0.2) is 54.6 Å². The van der Waals surface area contributed by atoms with Gasteiger partial charge in [-0.1, -0.05) is 54.6 Å². The molecule has 33 heavy (non-hydrogen) atoms. The predicted molar refractivity (Wildman–Crippen MR) is 118 cm³/mol. The van der Waals surface area contributed by atoms with Gasteiger partial charge in [0.25, 0.3) is 0 Å². The number of esters is 1. The number of hydrogen-bond donors (Lipinski definition) is 1. The van der Waals surface area contributed by atoms with Gasteiger partial charge in [-0.15, -0.1) is 0 Å². The SMILES string of the molecule is O=C1OCCC/C=C\[C@H]2O[C@]34C=CCN(Cc5ccccc5)C(=O)C3N(CCO)C(=O)[C@@H]4[C@@H]12. The topological polar surface area (TPSA) is 96.4 Å². The third-order valence-corrected chi connectivity index (χ3v) is 6.99. The Labute approximate surface area is 192 Å². The number of nitrogens with zero attached hydrogens (tertiary/aromatic N) is 2. The van der Waals surface area contributed by atoms with Crippen molar-refractivity contribution in [3.05, 3.63) is 60.2 Å². The highest BCUT2D eigenvalue weighted by molar-refractivity contribution is 5.99. The summed E-state index contributed by atoms with van der Waals surface area (Å²) in [6.45, 7) is 0.727. The number of cyclic esters (lactones) is 1. The highest BCUT2D eigenvalue weighted by atomic mass is 16.6. The summed E-state index contributed by atoms with van der Waals surface area (Å²) >= 11 is 0. The third kappa shape index (κ3) is 3.57. The number of fused-ring (bicyclic) bond motifs is 2. The molecule has 0 aromatic heterocycles. The number of amides is 2. The number of aliphatic hydroxyl groups excluding tert-OH is 1. The van der Waals surface area contributed by atoms with Crippen LogP contribution in [-0.4, -0.2) is 76.7 Å². The Morgan fingerprint density at radius 2 is 1.91 bits per heavy atom. The minimum atomic E-state index is -1.29. The van der Waals surface area contributed by atoms with Crippen molar-refractivity contribution in [1.29, 1.82) is 0 Å². The molecule has 0 radical (unpaired) electrons. The lowest BCUT2D eigenvalue weighted by Crippen LogP contribution is -2.55. The largest absolute Gasteiger partial charge is 0.465 e. The summed E-state index contributed by atoms with van der Waals surface area (Å²) in [5.41, 5.74) is -0.311. The molecule has 5 atom stereocenters. The quantitative estimate of drug-likeness (QED) is 0.542. The molecule has 4 heterocycles. The van der Waals surface area contributed by atoms with Gasteiger partial charge >= 0.3 is 5.97 Å². The summed E-state index contributed by atoms with van der Waals surface area (Å²) in [5, 5.41) is 9.68. The first-order valence-corrected chi connectivity index (χ1v) is 11.5. The van der Waals surface area contributed by atoms with Crippen molar-refractivity contribution in [3.63, 3.8) is 0 Å². The second-order valence-corrected chi connectivity index (χ2v) is 8.94. The molecule has 0 aliphatic carbocycles. The van der Waals surface area contributed by atoms with Gasteiger partial charge in [-0.05, 0) is 18.4 Å². The number of benzene rings is 1. The first-order valence-electron chi connectivity index (χ1n) is 11.5. The molecular weight excluding hydrogens is 424 g/mol. The summed E-state index contributed by atoms with van der Waals surface area (Å²) in [4.78, 5) is 43.6. The molecular formula is C25H28N2O6. The molecule has 4 aliphatic heterocycles. The van der Waals surface area contributed by atoms with E-state index in [2.05, 4.69) is 0 Å². The van der Waals surface area contributed by atoms with E-state index in [-0.39, 0.29) is 31.6 Å². The lowest BCUT2D eigenvalue weighted by atomic mass is 9.78. The monoisotopic (exact) mass is 452 g/mol. The Balaban J connectivity index is 1.55. The van der Waals surface area contributed by atoms with Crippen LogP contribution in [0, 0.1) is 11.8 Å². The predicted octanol–water partition coefficient (Wildman–Crippen LogP) is 1.05. The molecule has 0 saturated carbocycles. The van der Waals surface area contributed by atoms with E-state index in [0.29, 0.717) is 19.5 Å². The number of aliphatic hydroxyl groups is 1. The van der Waals surface area contributed by atoms with Gasteiger partial charge in [0.15, 0.2) is 0 Å². The van der Waals surface area contributed by atoms with E-state index in [1.54, 1.807) is 11.0 Å². The number of carbonyl (C=O) groups is 3. The zero-order chi connectivity index (χ0) is 23.0. The summed E-state index contributed by atoms with van der Waals surface area (Å²) in [6, 6.07) is 8.69. The second-order valence-electron chi connectivity index (χ2n) is 8.94. The molecule has 5 rings (SSSR count). The highest BCUT2D eigenvalue weighted by Gasteiger charge is 2.71.